The second-order valence-corrected chi connectivity index (χ2v) is 8.71. The number of carbonyl (C=O) groups is 1. The Bertz CT molecular complexity index is 852. The summed E-state index contributed by atoms with van der Waals surface area (Å²) in [6, 6.07) is 13.8. The van der Waals surface area contributed by atoms with Crippen LogP contribution in [0.1, 0.15) is 31.9 Å². The number of hydrogen-bond donors (Lipinski definition) is 3. The van der Waals surface area contributed by atoms with Crippen molar-refractivity contribution >= 4 is 21.7 Å². The van der Waals surface area contributed by atoms with Gasteiger partial charge in [0, 0.05) is 12.2 Å². The standard InChI is InChI=1S/C19H25N3O3S/c1-19(2,3)15-6-8-16(9-7-15)22-18(23)21-13-12-14-4-10-17(11-5-14)26(20,24)25/h4-11H,12-13H2,1-3H3,(H2,20,24,25)(H2,21,22,23). The van der Waals surface area contributed by atoms with Crippen molar-refractivity contribution in [2.24, 2.45) is 5.14 Å². The summed E-state index contributed by atoms with van der Waals surface area (Å²) in [6.07, 6.45) is 0.585. The highest BCUT2D eigenvalue weighted by Gasteiger charge is 2.13. The molecule has 2 rings (SSSR count). The molecule has 0 aromatic heterocycles. The molecule has 0 saturated carbocycles. The third-order valence-electron chi connectivity index (χ3n) is 3.96. The summed E-state index contributed by atoms with van der Waals surface area (Å²) < 4.78 is 22.4. The highest BCUT2D eigenvalue weighted by Crippen LogP contribution is 2.23. The molecule has 0 radical (unpaired) electrons. The Hall–Kier alpha value is -2.38. The van der Waals surface area contributed by atoms with E-state index in [1.807, 2.05) is 24.3 Å². The lowest BCUT2D eigenvalue weighted by Gasteiger charge is -2.19. The molecule has 0 fully saturated rings. The molecule has 2 amide bonds. The number of carbonyl (C=O) groups excluding carboxylic acids is 1. The predicted octanol–water partition coefficient (Wildman–Crippen LogP) is 3.00. The first kappa shape index (κ1) is 19.9. The van der Waals surface area contributed by atoms with Gasteiger partial charge in [0.05, 0.1) is 4.90 Å². The van der Waals surface area contributed by atoms with Gasteiger partial charge in [0.25, 0.3) is 0 Å². The van der Waals surface area contributed by atoms with Crippen LogP contribution in [0, 0.1) is 0 Å². The number of anilines is 1. The maximum Gasteiger partial charge on any atom is 0.319 e. The fourth-order valence-corrected chi connectivity index (χ4v) is 2.91. The lowest BCUT2D eigenvalue weighted by atomic mass is 9.87. The summed E-state index contributed by atoms with van der Waals surface area (Å²) in [5.74, 6) is 0. The second-order valence-electron chi connectivity index (χ2n) is 7.15. The summed E-state index contributed by atoms with van der Waals surface area (Å²) in [7, 11) is -3.68. The van der Waals surface area contributed by atoms with Crippen molar-refractivity contribution < 1.29 is 13.2 Å². The van der Waals surface area contributed by atoms with E-state index < -0.39 is 10.0 Å². The van der Waals surface area contributed by atoms with Gasteiger partial charge in [0.15, 0.2) is 0 Å². The summed E-state index contributed by atoms with van der Waals surface area (Å²) >= 11 is 0. The van der Waals surface area contributed by atoms with E-state index in [4.69, 9.17) is 5.14 Å². The zero-order valence-corrected chi connectivity index (χ0v) is 16.1. The minimum absolute atomic E-state index is 0.0690. The van der Waals surface area contributed by atoms with Crippen LogP contribution >= 0.6 is 0 Å². The molecule has 0 aliphatic rings. The van der Waals surface area contributed by atoms with Gasteiger partial charge in [-0.1, -0.05) is 45.0 Å². The molecule has 2 aromatic carbocycles. The van der Waals surface area contributed by atoms with E-state index in [-0.39, 0.29) is 16.3 Å². The molecule has 7 heteroatoms. The largest absolute Gasteiger partial charge is 0.338 e. The van der Waals surface area contributed by atoms with Crippen LogP contribution in [0.3, 0.4) is 0 Å². The molecule has 0 heterocycles. The number of rotatable bonds is 5. The second kappa shape index (κ2) is 7.88. The summed E-state index contributed by atoms with van der Waals surface area (Å²) in [5, 5.41) is 10.6. The topological polar surface area (TPSA) is 101 Å². The van der Waals surface area contributed by atoms with Gasteiger partial charge < -0.3 is 10.6 Å². The molecule has 0 unspecified atom stereocenters. The van der Waals surface area contributed by atoms with E-state index in [1.165, 1.54) is 17.7 Å². The zero-order valence-electron chi connectivity index (χ0n) is 15.2. The minimum atomic E-state index is -3.68. The van der Waals surface area contributed by atoms with Crippen LogP contribution in [0.2, 0.25) is 0 Å². The van der Waals surface area contributed by atoms with Crippen LogP contribution in [-0.4, -0.2) is 21.0 Å². The molecule has 0 saturated heterocycles. The molecule has 0 aliphatic carbocycles. The molecule has 4 N–H and O–H groups in total. The number of primary sulfonamides is 1. The number of hydrogen-bond acceptors (Lipinski definition) is 3. The number of nitrogens with one attached hydrogen (secondary N) is 2. The smallest absolute Gasteiger partial charge is 0.319 e. The lowest BCUT2D eigenvalue weighted by molar-refractivity contribution is 0.252. The van der Waals surface area contributed by atoms with E-state index in [2.05, 4.69) is 31.4 Å². The van der Waals surface area contributed by atoms with E-state index >= 15 is 0 Å². The third-order valence-corrected chi connectivity index (χ3v) is 4.89. The molecule has 0 bridgehead atoms. The highest BCUT2D eigenvalue weighted by atomic mass is 32.2. The van der Waals surface area contributed by atoms with Crippen molar-refractivity contribution in [3.8, 4) is 0 Å². The summed E-state index contributed by atoms with van der Waals surface area (Å²) in [6.45, 7) is 6.84. The van der Waals surface area contributed by atoms with Gasteiger partial charge >= 0.3 is 6.03 Å². The normalized spacial score (nSPS) is 11.8. The first-order chi connectivity index (χ1) is 12.1. The lowest BCUT2D eigenvalue weighted by Crippen LogP contribution is -2.30. The van der Waals surface area contributed by atoms with E-state index in [9.17, 15) is 13.2 Å². The average molecular weight is 375 g/mol. The minimum Gasteiger partial charge on any atom is -0.338 e. The van der Waals surface area contributed by atoms with Crippen molar-refractivity contribution in [2.45, 2.75) is 37.5 Å². The Morgan fingerprint density at radius 2 is 1.58 bits per heavy atom. The van der Waals surface area contributed by atoms with Gasteiger partial charge in [-0.25, -0.2) is 18.4 Å². The van der Waals surface area contributed by atoms with Crippen molar-refractivity contribution in [2.75, 3.05) is 11.9 Å². The SMILES string of the molecule is CC(C)(C)c1ccc(NC(=O)NCCc2ccc(S(N)(=O)=O)cc2)cc1. The highest BCUT2D eigenvalue weighted by molar-refractivity contribution is 7.89. The van der Waals surface area contributed by atoms with Gasteiger partial charge in [0.2, 0.25) is 10.0 Å². The molecule has 140 valence electrons. The van der Waals surface area contributed by atoms with Gasteiger partial charge in [-0.2, -0.15) is 0 Å². The van der Waals surface area contributed by atoms with Crippen LogP contribution in [-0.2, 0) is 21.9 Å². The average Bonchev–Trinajstić information content (AvgIpc) is 2.54. The van der Waals surface area contributed by atoms with Gasteiger partial charge in [-0.05, 0) is 47.2 Å². The van der Waals surface area contributed by atoms with Crippen molar-refractivity contribution in [3.63, 3.8) is 0 Å². The number of nitrogens with two attached hydrogens (primary N) is 1. The van der Waals surface area contributed by atoms with Crippen LogP contribution in [0.25, 0.3) is 0 Å². The number of amides is 2. The fraction of sp³-hybridized carbons (Fsp3) is 0.316. The van der Waals surface area contributed by atoms with Crippen LogP contribution in [0.5, 0.6) is 0 Å². The molecule has 2 aromatic rings. The van der Waals surface area contributed by atoms with E-state index in [0.717, 1.165) is 11.3 Å². The maximum absolute atomic E-state index is 12.0. The monoisotopic (exact) mass is 375 g/mol. The molecular formula is C19H25N3O3S. The first-order valence-electron chi connectivity index (χ1n) is 8.33. The first-order valence-corrected chi connectivity index (χ1v) is 9.87. The molecule has 26 heavy (non-hydrogen) atoms. The Kier molecular flexibility index (Phi) is 6.05. The van der Waals surface area contributed by atoms with E-state index in [0.29, 0.717) is 13.0 Å². The summed E-state index contributed by atoms with van der Waals surface area (Å²) in [5.41, 5.74) is 2.91. The fourth-order valence-electron chi connectivity index (χ4n) is 2.40. The van der Waals surface area contributed by atoms with Crippen LogP contribution in [0.4, 0.5) is 10.5 Å². The van der Waals surface area contributed by atoms with Crippen molar-refractivity contribution in [1.82, 2.24) is 5.32 Å². The Morgan fingerprint density at radius 1 is 1.00 bits per heavy atom. The van der Waals surface area contributed by atoms with E-state index in [1.54, 1.807) is 12.1 Å². The quantitative estimate of drug-likeness (QED) is 0.749. The molecule has 0 spiro atoms. The zero-order chi connectivity index (χ0) is 19.4. The predicted molar refractivity (Wildman–Crippen MR) is 104 cm³/mol. The van der Waals surface area contributed by atoms with Crippen molar-refractivity contribution in [1.29, 1.82) is 0 Å². The Labute approximate surface area is 154 Å². The van der Waals surface area contributed by atoms with Crippen LogP contribution in [0.15, 0.2) is 53.4 Å². The Balaban J connectivity index is 1.82. The molecule has 0 atom stereocenters. The number of sulfonamides is 1. The van der Waals surface area contributed by atoms with Gasteiger partial charge in [-0.3, -0.25) is 0 Å². The maximum atomic E-state index is 12.0. The summed E-state index contributed by atoms with van der Waals surface area (Å²) in [4.78, 5) is 12.0. The Morgan fingerprint density at radius 3 is 2.08 bits per heavy atom. The van der Waals surface area contributed by atoms with Crippen molar-refractivity contribution in [3.05, 3.63) is 59.7 Å². The van der Waals surface area contributed by atoms with Gasteiger partial charge in [0.1, 0.15) is 0 Å². The molecule has 0 aliphatic heterocycles. The van der Waals surface area contributed by atoms with Crippen LogP contribution < -0.4 is 15.8 Å². The third kappa shape index (κ3) is 5.86. The molecular weight excluding hydrogens is 350 g/mol. The molecule has 6 nitrogen and oxygen atoms in total. The number of urea groups is 1. The number of benzene rings is 2. The van der Waals surface area contributed by atoms with Gasteiger partial charge in [-0.15, -0.1) is 0 Å².